The first-order valence-corrected chi connectivity index (χ1v) is 10.3. The Morgan fingerprint density at radius 2 is 2.11 bits per heavy atom. The summed E-state index contributed by atoms with van der Waals surface area (Å²) < 4.78 is 1.93. The van der Waals surface area contributed by atoms with Gasteiger partial charge in [-0.2, -0.15) is 5.10 Å². The van der Waals surface area contributed by atoms with Gasteiger partial charge >= 0.3 is 0 Å². The summed E-state index contributed by atoms with van der Waals surface area (Å²) in [6, 6.07) is 8.39. The largest absolute Gasteiger partial charge is 0.322 e. The number of benzene rings is 1. The van der Waals surface area contributed by atoms with Crippen molar-refractivity contribution in [2.45, 2.75) is 46.6 Å². The minimum atomic E-state index is 0.0409. The summed E-state index contributed by atoms with van der Waals surface area (Å²) in [6.45, 7) is 9.12. The lowest BCUT2D eigenvalue weighted by molar-refractivity contribution is -0.117. The highest BCUT2D eigenvalue weighted by molar-refractivity contribution is 5.96. The normalized spacial score (nSPS) is 19.4. The number of aryl methyl sites for hydroxylation is 2. The van der Waals surface area contributed by atoms with Crippen LogP contribution in [0.4, 0.5) is 11.4 Å². The van der Waals surface area contributed by atoms with Crippen molar-refractivity contribution >= 4 is 23.0 Å². The van der Waals surface area contributed by atoms with Crippen LogP contribution in [0, 0.1) is 19.8 Å². The molecule has 6 heteroatoms. The zero-order valence-electron chi connectivity index (χ0n) is 17.0. The van der Waals surface area contributed by atoms with Crippen molar-refractivity contribution in [2.24, 2.45) is 10.9 Å². The highest BCUT2D eigenvalue weighted by Crippen LogP contribution is 2.31. The molecule has 1 fully saturated rings. The van der Waals surface area contributed by atoms with Crippen LogP contribution in [0.3, 0.4) is 0 Å². The number of hydrogen-bond acceptors (Lipinski definition) is 4. The lowest BCUT2D eigenvalue weighted by Gasteiger charge is -2.32. The van der Waals surface area contributed by atoms with E-state index in [-0.39, 0.29) is 5.91 Å². The first-order valence-electron chi connectivity index (χ1n) is 10.3. The number of amides is 1. The van der Waals surface area contributed by atoms with Gasteiger partial charge in [0.2, 0.25) is 5.91 Å². The van der Waals surface area contributed by atoms with Crippen molar-refractivity contribution in [1.29, 1.82) is 0 Å². The molecule has 2 aliphatic rings. The molecular formula is C22H29N5O. The molecule has 2 aromatic rings. The van der Waals surface area contributed by atoms with E-state index >= 15 is 0 Å². The number of carbonyl (C=O) groups is 1. The van der Waals surface area contributed by atoms with Gasteiger partial charge in [-0.05, 0) is 51.8 Å². The van der Waals surface area contributed by atoms with Crippen LogP contribution in [-0.4, -0.2) is 45.9 Å². The highest BCUT2D eigenvalue weighted by Gasteiger charge is 2.28. The molecule has 28 heavy (non-hydrogen) atoms. The smallest absolute Gasteiger partial charge is 0.238 e. The molecule has 0 saturated carbocycles. The Hall–Kier alpha value is -2.47. The van der Waals surface area contributed by atoms with Gasteiger partial charge in [0.1, 0.15) is 0 Å². The van der Waals surface area contributed by atoms with Crippen LogP contribution >= 0.6 is 0 Å². The molecule has 0 spiro atoms. The molecule has 1 aromatic heterocycles. The second-order valence-electron chi connectivity index (χ2n) is 7.89. The van der Waals surface area contributed by atoms with E-state index < -0.39 is 0 Å². The van der Waals surface area contributed by atoms with Crippen LogP contribution in [0.5, 0.6) is 0 Å². The summed E-state index contributed by atoms with van der Waals surface area (Å²) >= 11 is 0. The lowest BCUT2D eigenvalue weighted by atomic mass is 9.91. The average Bonchev–Trinajstić information content (AvgIpc) is 3.24. The quantitative estimate of drug-likeness (QED) is 0.865. The minimum absolute atomic E-state index is 0.0409. The lowest BCUT2D eigenvalue weighted by Crippen LogP contribution is -2.42. The predicted octanol–water partition coefficient (Wildman–Crippen LogP) is 3.50. The van der Waals surface area contributed by atoms with Crippen molar-refractivity contribution in [3.8, 4) is 0 Å². The van der Waals surface area contributed by atoms with Crippen LogP contribution < -0.4 is 5.32 Å². The molecule has 1 atom stereocenters. The van der Waals surface area contributed by atoms with E-state index in [1.54, 1.807) is 0 Å². The van der Waals surface area contributed by atoms with Crippen LogP contribution in [0.15, 0.2) is 29.3 Å². The number of carbonyl (C=O) groups excluding carboxylic acids is 1. The van der Waals surface area contributed by atoms with E-state index in [9.17, 15) is 4.79 Å². The second-order valence-corrected chi connectivity index (χ2v) is 7.89. The van der Waals surface area contributed by atoms with E-state index in [0.29, 0.717) is 12.5 Å². The van der Waals surface area contributed by atoms with Crippen molar-refractivity contribution in [1.82, 2.24) is 14.7 Å². The number of aromatic nitrogens is 2. The number of rotatable bonds is 5. The molecule has 1 unspecified atom stereocenters. The molecule has 1 saturated heterocycles. The third-order valence-corrected chi connectivity index (χ3v) is 5.92. The monoisotopic (exact) mass is 379 g/mol. The standard InChI is InChI=1S/C22H29N5O/c1-4-27-16(3)22(15(2)25-27)24-21(28)14-26-11-7-9-18(13-26)20-12-17-8-5-6-10-19(17)23-20/h5-6,8,10,18H,4,7,9,11-14H2,1-3H3,(H,24,28). The fourth-order valence-electron chi connectivity index (χ4n) is 4.43. The van der Waals surface area contributed by atoms with Crippen molar-refractivity contribution < 1.29 is 4.79 Å². The first kappa shape index (κ1) is 18.9. The van der Waals surface area contributed by atoms with Gasteiger partial charge in [0, 0.05) is 31.1 Å². The van der Waals surface area contributed by atoms with Gasteiger partial charge in [-0.3, -0.25) is 19.4 Å². The van der Waals surface area contributed by atoms with E-state index in [0.717, 1.165) is 61.7 Å². The number of hydrogen-bond donors (Lipinski definition) is 1. The maximum atomic E-state index is 12.7. The molecule has 0 bridgehead atoms. The topological polar surface area (TPSA) is 62.5 Å². The molecular weight excluding hydrogens is 350 g/mol. The number of likely N-dealkylation sites (tertiary alicyclic amines) is 1. The number of anilines is 1. The molecule has 148 valence electrons. The number of aliphatic imine (C=N–C) groups is 1. The number of para-hydroxylation sites is 1. The minimum Gasteiger partial charge on any atom is -0.322 e. The number of nitrogens with zero attached hydrogens (tertiary/aromatic N) is 4. The Kier molecular flexibility index (Phi) is 5.31. The van der Waals surface area contributed by atoms with Gasteiger partial charge in [-0.15, -0.1) is 0 Å². The fourth-order valence-corrected chi connectivity index (χ4v) is 4.43. The number of nitrogens with one attached hydrogen (secondary N) is 1. The molecule has 1 N–H and O–H groups in total. The highest BCUT2D eigenvalue weighted by atomic mass is 16.2. The average molecular weight is 380 g/mol. The van der Waals surface area contributed by atoms with Crippen LogP contribution in [0.25, 0.3) is 0 Å². The SMILES string of the molecule is CCn1nc(C)c(NC(=O)CN2CCCC(C3=Nc4ccccc4C3)C2)c1C. The van der Waals surface area contributed by atoms with Crippen LogP contribution in [-0.2, 0) is 17.8 Å². The summed E-state index contributed by atoms with van der Waals surface area (Å²) in [5.41, 5.74) is 6.47. The first-order chi connectivity index (χ1) is 13.5. The molecule has 1 amide bonds. The zero-order valence-corrected chi connectivity index (χ0v) is 17.0. The van der Waals surface area contributed by atoms with Gasteiger partial charge in [-0.25, -0.2) is 0 Å². The number of piperidine rings is 1. The fraction of sp³-hybridized carbons (Fsp3) is 0.500. The van der Waals surface area contributed by atoms with E-state index in [1.807, 2.05) is 24.6 Å². The van der Waals surface area contributed by atoms with Crippen LogP contribution in [0.1, 0.15) is 36.7 Å². The van der Waals surface area contributed by atoms with Gasteiger partial charge in [0.05, 0.1) is 29.3 Å². The molecule has 1 aromatic carbocycles. The second kappa shape index (κ2) is 7.87. The number of fused-ring (bicyclic) bond motifs is 1. The summed E-state index contributed by atoms with van der Waals surface area (Å²) in [7, 11) is 0. The Morgan fingerprint density at radius 1 is 1.29 bits per heavy atom. The maximum Gasteiger partial charge on any atom is 0.238 e. The van der Waals surface area contributed by atoms with Gasteiger partial charge in [0.15, 0.2) is 0 Å². The Morgan fingerprint density at radius 3 is 2.86 bits per heavy atom. The van der Waals surface area contributed by atoms with Gasteiger partial charge in [0.25, 0.3) is 0 Å². The molecule has 4 rings (SSSR count). The summed E-state index contributed by atoms with van der Waals surface area (Å²) in [5.74, 6) is 0.486. The van der Waals surface area contributed by atoms with Crippen molar-refractivity contribution in [3.05, 3.63) is 41.2 Å². The molecule has 2 aliphatic heterocycles. The third kappa shape index (κ3) is 3.74. The molecule has 6 nitrogen and oxygen atoms in total. The third-order valence-electron chi connectivity index (χ3n) is 5.92. The molecule has 0 aliphatic carbocycles. The molecule has 3 heterocycles. The Labute approximate surface area is 166 Å². The van der Waals surface area contributed by atoms with E-state index in [4.69, 9.17) is 4.99 Å². The summed E-state index contributed by atoms with van der Waals surface area (Å²) in [5, 5.41) is 7.57. The Balaban J connectivity index is 1.37. The predicted molar refractivity (Wildman–Crippen MR) is 112 cm³/mol. The van der Waals surface area contributed by atoms with Crippen molar-refractivity contribution in [3.63, 3.8) is 0 Å². The van der Waals surface area contributed by atoms with Crippen molar-refractivity contribution in [2.75, 3.05) is 25.0 Å². The van der Waals surface area contributed by atoms with Gasteiger partial charge in [-0.1, -0.05) is 18.2 Å². The van der Waals surface area contributed by atoms with E-state index in [2.05, 4.69) is 40.4 Å². The summed E-state index contributed by atoms with van der Waals surface area (Å²) in [6.07, 6.45) is 3.22. The van der Waals surface area contributed by atoms with Gasteiger partial charge < -0.3 is 5.32 Å². The molecule has 0 radical (unpaired) electrons. The van der Waals surface area contributed by atoms with E-state index in [1.165, 1.54) is 11.3 Å². The summed E-state index contributed by atoms with van der Waals surface area (Å²) in [4.78, 5) is 19.8. The van der Waals surface area contributed by atoms with Crippen LogP contribution in [0.2, 0.25) is 0 Å². The maximum absolute atomic E-state index is 12.7. The zero-order chi connectivity index (χ0) is 19.7. The Bertz CT molecular complexity index is 914.